The summed E-state index contributed by atoms with van der Waals surface area (Å²) in [6.45, 7) is 5.36. The lowest BCUT2D eigenvalue weighted by Gasteiger charge is -2.28. The summed E-state index contributed by atoms with van der Waals surface area (Å²) in [5, 5.41) is 3.28. The number of amides is 2. The molecule has 264 valence electrons. The van der Waals surface area contributed by atoms with Gasteiger partial charge in [-0.05, 0) is 55.5 Å². The number of aromatic nitrogens is 2. The highest BCUT2D eigenvalue weighted by molar-refractivity contribution is 7.92. The molecule has 4 aromatic rings. The Balaban J connectivity index is 1.46. The zero-order valence-corrected chi connectivity index (χ0v) is 29.2. The van der Waals surface area contributed by atoms with Crippen molar-refractivity contribution < 1.29 is 22.7 Å². The molecule has 1 aromatic heterocycles. The molecule has 2 aliphatic heterocycles. The van der Waals surface area contributed by atoms with E-state index in [0.29, 0.717) is 60.9 Å². The fraction of sp³-hybridized carbons (Fsp3) is 0.378. The Morgan fingerprint density at radius 1 is 0.860 bits per heavy atom. The van der Waals surface area contributed by atoms with Crippen LogP contribution in [0.15, 0.2) is 83.7 Å². The zero-order chi connectivity index (χ0) is 35.1. The van der Waals surface area contributed by atoms with Crippen molar-refractivity contribution in [3.05, 3.63) is 101 Å². The fourth-order valence-electron chi connectivity index (χ4n) is 6.55. The van der Waals surface area contributed by atoms with E-state index < -0.39 is 15.7 Å². The minimum atomic E-state index is -3.71. The Morgan fingerprint density at radius 3 is 2.32 bits per heavy atom. The number of nitrogens with zero attached hydrogens (tertiary/aromatic N) is 4. The third kappa shape index (κ3) is 7.95. The van der Waals surface area contributed by atoms with Gasteiger partial charge in [-0.1, -0.05) is 61.5 Å². The largest absolute Gasteiger partial charge is 0.484 e. The summed E-state index contributed by atoms with van der Waals surface area (Å²) >= 11 is 0. The number of hydrogen-bond acceptors (Lipinski definition) is 7. The van der Waals surface area contributed by atoms with Crippen molar-refractivity contribution in [2.75, 3.05) is 56.4 Å². The first-order chi connectivity index (χ1) is 24.3. The second-order valence-electron chi connectivity index (χ2n) is 12.6. The number of sulfonamides is 1. The first-order valence-corrected chi connectivity index (χ1v) is 18.9. The molecule has 2 aliphatic rings. The summed E-state index contributed by atoms with van der Waals surface area (Å²) in [4.78, 5) is 45.7. The molecular formula is C37H44N6O6S. The van der Waals surface area contributed by atoms with Crippen LogP contribution in [0, 0.1) is 0 Å². The molecule has 0 atom stereocenters. The summed E-state index contributed by atoms with van der Waals surface area (Å²) < 4.78 is 37.4. The second kappa shape index (κ2) is 15.8. The highest BCUT2D eigenvalue weighted by atomic mass is 32.2. The predicted molar refractivity (Wildman–Crippen MR) is 193 cm³/mol. The van der Waals surface area contributed by atoms with Crippen molar-refractivity contribution in [1.29, 1.82) is 0 Å². The van der Waals surface area contributed by atoms with Crippen LogP contribution in [-0.2, 0) is 21.4 Å². The summed E-state index contributed by atoms with van der Waals surface area (Å²) in [6, 6.07) is 23.1. The number of nitrogens with one attached hydrogen (secondary N) is 2. The van der Waals surface area contributed by atoms with Gasteiger partial charge in [0, 0.05) is 44.8 Å². The normalized spacial score (nSPS) is 15.1. The Morgan fingerprint density at radius 2 is 1.58 bits per heavy atom. The number of para-hydroxylation sites is 2. The second-order valence-corrected chi connectivity index (χ2v) is 14.5. The highest BCUT2D eigenvalue weighted by Crippen LogP contribution is 2.31. The molecule has 12 nitrogen and oxygen atoms in total. The molecule has 2 amide bonds. The van der Waals surface area contributed by atoms with Gasteiger partial charge in [0.2, 0.25) is 10.0 Å². The van der Waals surface area contributed by atoms with Gasteiger partial charge in [-0.3, -0.25) is 23.4 Å². The molecular weight excluding hydrogens is 657 g/mol. The average molecular weight is 701 g/mol. The summed E-state index contributed by atoms with van der Waals surface area (Å²) in [5.41, 5.74) is 1.90. The molecule has 2 N–H and O–H groups in total. The number of rotatable bonds is 12. The van der Waals surface area contributed by atoms with Crippen LogP contribution in [0.5, 0.6) is 5.75 Å². The number of ether oxygens (including phenoxy) is 1. The van der Waals surface area contributed by atoms with Crippen LogP contribution in [0.2, 0.25) is 0 Å². The number of imidazole rings is 1. The van der Waals surface area contributed by atoms with Crippen molar-refractivity contribution >= 4 is 27.5 Å². The molecule has 0 bridgehead atoms. The molecule has 13 heteroatoms. The van der Waals surface area contributed by atoms with Gasteiger partial charge in [0.25, 0.3) is 11.8 Å². The molecule has 6 rings (SSSR count). The van der Waals surface area contributed by atoms with Crippen LogP contribution < -0.4 is 20.5 Å². The standard InChI is InChI=1S/C37H44N6O6S/c1-2-24-50(47,48)39-31-16-7-8-17-32(31)43-34(29-13-5-3-6-14-29)35(36(45)41-22-18-38-19-23-41)42(37(43)46)26-28-12-11-15-30(25-28)49-27-33(44)40-20-9-4-10-21-40/h3,5-8,11-17,25,38-39H,2,4,9-10,18-24,26-27H2,1H3. The van der Waals surface area contributed by atoms with E-state index in [-0.39, 0.29) is 42.1 Å². The maximum Gasteiger partial charge on any atom is 0.334 e. The first kappa shape index (κ1) is 35.0. The molecule has 3 aromatic carbocycles. The molecule has 0 saturated carbocycles. The quantitative estimate of drug-likeness (QED) is 0.229. The lowest BCUT2D eigenvalue weighted by Crippen LogP contribution is -2.47. The van der Waals surface area contributed by atoms with Gasteiger partial charge in [-0.25, -0.2) is 13.2 Å². The number of carbonyl (C=O) groups excluding carboxylic acids is 2. The van der Waals surface area contributed by atoms with E-state index in [1.54, 1.807) is 54.3 Å². The van der Waals surface area contributed by atoms with Gasteiger partial charge in [0.1, 0.15) is 11.4 Å². The summed E-state index contributed by atoms with van der Waals surface area (Å²) in [7, 11) is -3.71. The summed E-state index contributed by atoms with van der Waals surface area (Å²) in [5.74, 6) is 0.0319. The monoisotopic (exact) mass is 700 g/mol. The molecule has 2 fully saturated rings. The van der Waals surface area contributed by atoms with Crippen molar-refractivity contribution in [3.8, 4) is 22.7 Å². The van der Waals surface area contributed by atoms with E-state index in [9.17, 15) is 22.8 Å². The topological polar surface area (TPSA) is 135 Å². The van der Waals surface area contributed by atoms with Crippen molar-refractivity contribution in [3.63, 3.8) is 0 Å². The van der Waals surface area contributed by atoms with Crippen LogP contribution in [0.25, 0.3) is 16.9 Å². The Bertz CT molecular complexity index is 1980. The SMILES string of the molecule is CCCS(=O)(=O)Nc1ccccc1-n1c(-c2ccccc2)c(C(=O)N2CCNCC2)n(Cc2cccc(OCC(=O)N3CCCCC3)c2)c1=O. The molecule has 3 heterocycles. The van der Waals surface area contributed by atoms with E-state index in [1.165, 1.54) is 9.13 Å². The number of anilines is 1. The fourth-order valence-corrected chi connectivity index (χ4v) is 7.70. The van der Waals surface area contributed by atoms with Crippen LogP contribution in [0.4, 0.5) is 5.69 Å². The highest BCUT2D eigenvalue weighted by Gasteiger charge is 2.32. The van der Waals surface area contributed by atoms with E-state index in [4.69, 9.17) is 4.74 Å². The predicted octanol–water partition coefficient (Wildman–Crippen LogP) is 3.94. The van der Waals surface area contributed by atoms with Gasteiger partial charge >= 0.3 is 5.69 Å². The van der Waals surface area contributed by atoms with E-state index in [1.807, 2.05) is 41.3 Å². The third-order valence-electron chi connectivity index (χ3n) is 8.99. The average Bonchev–Trinajstić information content (AvgIpc) is 3.42. The van der Waals surface area contributed by atoms with E-state index in [0.717, 1.165) is 32.4 Å². The summed E-state index contributed by atoms with van der Waals surface area (Å²) in [6.07, 6.45) is 3.52. The van der Waals surface area contributed by atoms with Gasteiger partial charge in [-0.15, -0.1) is 0 Å². The Hall–Kier alpha value is -4.88. The lowest BCUT2D eigenvalue weighted by molar-refractivity contribution is -0.134. The number of likely N-dealkylation sites (tertiary alicyclic amines) is 1. The van der Waals surface area contributed by atoms with Crippen molar-refractivity contribution in [2.45, 2.75) is 39.2 Å². The van der Waals surface area contributed by atoms with Crippen molar-refractivity contribution in [2.24, 2.45) is 0 Å². The number of benzene rings is 3. The maximum absolute atomic E-state index is 14.8. The van der Waals surface area contributed by atoms with Crippen LogP contribution in [0.1, 0.15) is 48.7 Å². The Labute approximate surface area is 292 Å². The van der Waals surface area contributed by atoms with Gasteiger partial charge in [0.15, 0.2) is 6.61 Å². The van der Waals surface area contributed by atoms with E-state index >= 15 is 0 Å². The van der Waals surface area contributed by atoms with Gasteiger partial charge in [0.05, 0.1) is 29.4 Å². The van der Waals surface area contributed by atoms with Gasteiger partial charge in [-0.2, -0.15) is 0 Å². The number of piperazine rings is 1. The Kier molecular flexibility index (Phi) is 11.0. The number of carbonyl (C=O) groups is 2. The van der Waals surface area contributed by atoms with E-state index in [2.05, 4.69) is 10.0 Å². The minimum Gasteiger partial charge on any atom is -0.484 e. The molecule has 50 heavy (non-hydrogen) atoms. The zero-order valence-electron chi connectivity index (χ0n) is 28.3. The molecule has 0 aliphatic carbocycles. The van der Waals surface area contributed by atoms with Gasteiger partial charge < -0.3 is 19.9 Å². The first-order valence-electron chi connectivity index (χ1n) is 17.3. The molecule has 0 spiro atoms. The van der Waals surface area contributed by atoms with Crippen LogP contribution >= 0.6 is 0 Å². The smallest absolute Gasteiger partial charge is 0.334 e. The minimum absolute atomic E-state index is 0.0276. The molecule has 0 unspecified atom stereocenters. The molecule has 2 saturated heterocycles. The van der Waals surface area contributed by atoms with Crippen LogP contribution in [-0.4, -0.2) is 90.8 Å². The number of piperidine rings is 1. The lowest BCUT2D eigenvalue weighted by atomic mass is 10.1. The molecule has 0 radical (unpaired) electrons. The third-order valence-corrected chi connectivity index (χ3v) is 10.5. The van der Waals surface area contributed by atoms with Crippen molar-refractivity contribution in [1.82, 2.24) is 24.3 Å². The maximum atomic E-state index is 14.8. The number of hydrogen-bond donors (Lipinski definition) is 2. The van der Waals surface area contributed by atoms with Crippen LogP contribution in [0.3, 0.4) is 0 Å².